The molecule has 19 nitrogen and oxygen atoms in total. The Morgan fingerprint density at radius 2 is 1.61 bits per heavy atom. The van der Waals surface area contributed by atoms with E-state index in [0.717, 1.165) is 6.07 Å². The molecule has 1 saturated heterocycles. The molecule has 0 radical (unpaired) electrons. The van der Waals surface area contributed by atoms with Gasteiger partial charge in [-0.25, -0.2) is 18.8 Å². The largest absolute Gasteiger partial charge is 0.477 e. The summed E-state index contributed by atoms with van der Waals surface area (Å²) in [7, 11) is 3.25. The van der Waals surface area contributed by atoms with Crippen molar-refractivity contribution in [3.8, 4) is 0 Å². The van der Waals surface area contributed by atoms with Gasteiger partial charge >= 0.3 is 18.1 Å². The van der Waals surface area contributed by atoms with Crippen molar-refractivity contribution >= 4 is 64.0 Å². The van der Waals surface area contributed by atoms with Crippen LogP contribution in [0.5, 0.6) is 0 Å². The van der Waals surface area contributed by atoms with E-state index in [1.54, 1.807) is 68.6 Å². The number of carboxylic acid groups (broad SMARTS) is 1. The molecule has 1 fully saturated rings. The molecule has 0 unspecified atom stereocenters. The van der Waals surface area contributed by atoms with E-state index in [4.69, 9.17) is 10.5 Å². The lowest BCUT2D eigenvalue weighted by molar-refractivity contribution is -0.132. The number of aryl methyl sites for hydroxylation is 1. The van der Waals surface area contributed by atoms with E-state index in [1.165, 1.54) is 22.1 Å². The number of carbonyl (C=O) groups is 7. The Balaban J connectivity index is 1.32. The van der Waals surface area contributed by atoms with Crippen LogP contribution in [0.4, 0.5) is 25.4 Å². The van der Waals surface area contributed by atoms with Gasteiger partial charge in [-0.15, -0.1) is 0 Å². The first-order valence-electron chi connectivity index (χ1n) is 20.4. The maximum atomic E-state index is 15.3. The first kappa shape index (κ1) is 47.9. The second-order valence-corrected chi connectivity index (χ2v) is 15.4. The number of hydrogen-bond acceptors (Lipinski definition) is 10. The van der Waals surface area contributed by atoms with Crippen LogP contribution in [0.1, 0.15) is 68.8 Å². The average molecular weight is 866 g/mol. The number of pyridine rings is 1. The van der Waals surface area contributed by atoms with Crippen LogP contribution in [0, 0.1) is 11.7 Å². The van der Waals surface area contributed by atoms with E-state index in [-0.39, 0.29) is 81.5 Å². The van der Waals surface area contributed by atoms with E-state index in [9.17, 15) is 43.5 Å². The number of aromatic carboxylic acids is 1. The molecular formula is C42H56FN9O10. The van der Waals surface area contributed by atoms with E-state index in [1.807, 2.05) is 0 Å². The predicted molar refractivity (Wildman–Crippen MR) is 228 cm³/mol. The lowest BCUT2D eigenvalue weighted by Gasteiger charge is -2.35. The Bertz CT molecular complexity index is 2190. The van der Waals surface area contributed by atoms with E-state index >= 15 is 4.39 Å². The molecule has 336 valence electrons. The molecule has 1 aliphatic heterocycles. The van der Waals surface area contributed by atoms with Gasteiger partial charge < -0.3 is 56.1 Å². The van der Waals surface area contributed by atoms with Gasteiger partial charge in [0.2, 0.25) is 29.1 Å². The van der Waals surface area contributed by atoms with Gasteiger partial charge in [-0.2, -0.15) is 0 Å². The maximum absolute atomic E-state index is 15.3. The number of halogens is 1. The number of rotatable bonds is 19. The Kier molecular flexibility index (Phi) is 17.2. The predicted octanol–water partition coefficient (Wildman–Crippen LogP) is 2.59. The van der Waals surface area contributed by atoms with Crippen LogP contribution >= 0.6 is 0 Å². The number of urea groups is 1. The van der Waals surface area contributed by atoms with Gasteiger partial charge in [0.25, 0.3) is 0 Å². The molecule has 62 heavy (non-hydrogen) atoms. The minimum atomic E-state index is -1.39. The molecule has 2 atom stereocenters. The number of aromatic nitrogens is 1. The number of piperazine rings is 1. The number of hydrogen-bond donors (Lipinski definition) is 6. The van der Waals surface area contributed by atoms with Gasteiger partial charge in [-0.05, 0) is 61.9 Å². The van der Waals surface area contributed by atoms with Crippen LogP contribution in [-0.4, -0.2) is 120 Å². The number of nitrogens with two attached hydrogens (primary N) is 1. The Morgan fingerprint density at radius 1 is 0.935 bits per heavy atom. The molecule has 0 aliphatic carbocycles. The van der Waals surface area contributed by atoms with Crippen molar-refractivity contribution in [1.29, 1.82) is 0 Å². The highest BCUT2D eigenvalue weighted by Crippen LogP contribution is 2.27. The van der Waals surface area contributed by atoms with Crippen molar-refractivity contribution in [3.63, 3.8) is 0 Å². The molecule has 7 amide bonds. The summed E-state index contributed by atoms with van der Waals surface area (Å²) >= 11 is 0. The number of anilines is 2. The number of carboxylic acids is 1. The number of ether oxygens (including phenoxy) is 1. The van der Waals surface area contributed by atoms with Crippen molar-refractivity contribution in [2.75, 3.05) is 57.0 Å². The number of carbonyl (C=O) groups excluding carboxylic acids is 6. The Labute approximate surface area is 358 Å². The summed E-state index contributed by atoms with van der Waals surface area (Å²) in [6.45, 7) is 6.68. The van der Waals surface area contributed by atoms with Crippen LogP contribution < -0.4 is 37.3 Å². The molecule has 0 bridgehead atoms. The maximum Gasteiger partial charge on any atom is 0.410 e. The molecule has 2 aromatic carbocycles. The summed E-state index contributed by atoms with van der Waals surface area (Å²) in [5.41, 5.74) is 5.58. The van der Waals surface area contributed by atoms with Crippen LogP contribution in [0.25, 0.3) is 10.9 Å². The molecule has 4 rings (SSSR count). The van der Waals surface area contributed by atoms with E-state index in [2.05, 4.69) is 21.3 Å². The summed E-state index contributed by atoms with van der Waals surface area (Å²) < 4.78 is 22.4. The van der Waals surface area contributed by atoms with Crippen molar-refractivity contribution in [2.24, 2.45) is 11.7 Å². The van der Waals surface area contributed by atoms with Crippen LogP contribution in [0.3, 0.4) is 0 Å². The lowest BCUT2D eigenvalue weighted by Crippen LogP contribution is -2.54. The van der Waals surface area contributed by atoms with Gasteiger partial charge in [0.1, 0.15) is 30.1 Å². The van der Waals surface area contributed by atoms with Gasteiger partial charge in [0.05, 0.1) is 11.2 Å². The summed E-state index contributed by atoms with van der Waals surface area (Å²) in [6, 6.07) is 6.32. The number of amides is 7. The fourth-order valence-corrected chi connectivity index (χ4v) is 6.79. The normalized spacial score (nSPS) is 13.5. The minimum absolute atomic E-state index is 0.0346. The highest BCUT2D eigenvalue weighted by molar-refractivity contribution is 5.98. The first-order valence-corrected chi connectivity index (χ1v) is 20.4. The molecule has 20 heteroatoms. The number of nitrogens with one attached hydrogen (secondary N) is 4. The third-order valence-corrected chi connectivity index (χ3v) is 10.3. The quantitative estimate of drug-likeness (QED) is 0.0956. The smallest absolute Gasteiger partial charge is 0.410 e. The van der Waals surface area contributed by atoms with Crippen LogP contribution in [0.15, 0.2) is 47.4 Å². The monoisotopic (exact) mass is 865 g/mol. The van der Waals surface area contributed by atoms with Gasteiger partial charge in [0.15, 0.2) is 0 Å². The first-order chi connectivity index (χ1) is 29.4. The second kappa shape index (κ2) is 22.2. The molecule has 0 saturated carbocycles. The third-order valence-electron chi connectivity index (χ3n) is 10.3. The zero-order valence-corrected chi connectivity index (χ0v) is 35.6. The summed E-state index contributed by atoms with van der Waals surface area (Å²) in [5.74, 6) is -4.08. The van der Waals surface area contributed by atoms with Crippen molar-refractivity contribution in [2.45, 2.75) is 78.1 Å². The van der Waals surface area contributed by atoms with E-state index in [0.29, 0.717) is 36.2 Å². The standard InChI is InChI=1S/C42H56FN9O10/c1-6-50-23-29(40(58)59)37(55)28-21-30(43)33(22-32(28)50)51-17-19-52(20-18-51)42(61)62-24-26-12-14-27(15-13-26)46-38(56)31(9-8-16-45-41(44)60)47-39(57)36(25(2)3)48-34(53)10-7-11-35(54)49(4)5/h12-15,21-23,25,31,36H,6-11,16-20,24H2,1-5H3,(H,46,56)(H,47,57)(H,48,53)(H,58,59)(H3,44,45,60)/t31-,36-/m0/s1. The summed E-state index contributed by atoms with van der Waals surface area (Å²) in [4.78, 5) is 105. The fourth-order valence-electron chi connectivity index (χ4n) is 6.79. The topological polar surface area (TPSA) is 255 Å². The van der Waals surface area contributed by atoms with Crippen molar-refractivity contribution in [3.05, 3.63) is 69.8 Å². The van der Waals surface area contributed by atoms with Gasteiger partial charge in [-0.3, -0.25) is 24.0 Å². The number of primary amides is 1. The lowest BCUT2D eigenvalue weighted by atomic mass is 10.0. The molecule has 1 aliphatic rings. The molecule has 0 spiro atoms. The van der Waals surface area contributed by atoms with Crippen molar-refractivity contribution < 1.29 is 47.8 Å². The van der Waals surface area contributed by atoms with E-state index < -0.39 is 64.7 Å². The minimum Gasteiger partial charge on any atom is -0.477 e. The zero-order chi connectivity index (χ0) is 45.7. The third kappa shape index (κ3) is 13.1. The van der Waals surface area contributed by atoms with Crippen molar-refractivity contribution in [1.82, 2.24) is 30.3 Å². The summed E-state index contributed by atoms with van der Waals surface area (Å²) in [5, 5.41) is 20.0. The van der Waals surface area contributed by atoms with Crippen LogP contribution in [-0.2, 0) is 37.1 Å². The average Bonchev–Trinajstić information content (AvgIpc) is 3.23. The molecule has 7 N–H and O–H groups in total. The Morgan fingerprint density at radius 3 is 2.21 bits per heavy atom. The van der Waals surface area contributed by atoms with Gasteiger partial charge in [0, 0.05) is 83.5 Å². The highest BCUT2D eigenvalue weighted by atomic mass is 19.1. The highest BCUT2D eigenvalue weighted by Gasteiger charge is 2.29. The fraction of sp³-hybridized carbons (Fsp3) is 0.476. The molecule has 1 aromatic heterocycles. The summed E-state index contributed by atoms with van der Waals surface area (Å²) in [6.07, 6.45) is 1.60. The number of benzene rings is 2. The van der Waals surface area contributed by atoms with Gasteiger partial charge in [-0.1, -0.05) is 26.0 Å². The Hall–Kier alpha value is -6.73. The number of fused-ring (bicyclic) bond motifs is 1. The zero-order valence-electron chi connectivity index (χ0n) is 35.6. The molecule has 2 heterocycles. The SMILES string of the molecule is CCn1cc(C(=O)O)c(=O)c2cc(F)c(N3CCN(C(=O)OCc4ccc(NC(=O)[C@H](CCCNC(N)=O)NC(=O)[C@@H](NC(=O)CCCC(=O)N(C)C)C(C)C)cc4)CC3)cc21. The second-order valence-electron chi connectivity index (χ2n) is 15.4. The molecular weight excluding hydrogens is 810 g/mol. The number of nitrogens with zero attached hydrogens (tertiary/aromatic N) is 4. The van der Waals surface area contributed by atoms with Crippen LogP contribution in [0.2, 0.25) is 0 Å². The molecule has 3 aromatic rings.